The fourth-order valence-corrected chi connectivity index (χ4v) is 3.73. The van der Waals surface area contributed by atoms with Crippen LogP contribution >= 0.6 is 0 Å². The van der Waals surface area contributed by atoms with Gasteiger partial charge in [0.25, 0.3) is 0 Å². The van der Waals surface area contributed by atoms with E-state index in [1.54, 1.807) is 13.8 Å². The zero-order chi connectivity index (χ0) is 23.3. The van der Waals surface area contributed by atoms with Gasteiger partial charge in [-0.2, -0.15) is 0 Å². The number of rotatable bonds is 9. The van der Waals surface area contributed by atoms with E-state index in [1.807, 2.05) is 53.1 Å². The van der Waals surface area contributed by atoms with E-state index in [0.29, 0.717) is 23.8 Å². The quantitative estimate of drug-likeness (QED) is 0.135. The van der Waals surface area contributed by atoms with Crippen LogP contribution in [0.5, 0.6) is 0 Å². The van der Waals surface area contributed by atoms with E-state index in [0.717, 1.165) is 47.2 Å². The van der Waals surface area contributed by atoms with Gasteiger partial charge < -0.3 is 15.4 Å². The molecule has 2 aromatic carbocycles. The molecule has 32 heavy (non-hydrogen) atoms. The van der Waals surface area contributed by atoms with Gasteiger partial charge in [0.2, 0.25) is 0 Å². The lowest BCUT2D eigenvalue weighted by molar-refractivity contribution is 0.0723. The van der Waals surface area contributed by atoms with E-state index in [2.05, 4.69) is 22.5 Å². The molecule has 0 amide bonds. The highest BCUT2D eigenvalue weighted by Gasteiger charge is 2.27. The second kappa shape index (κ2) is 9.76. The maximum atomic E-state index is 11.9. The summed E-state index contributed by atoms with van der Waals surface area (Å²) in [6.45, 7) is 5.83. The Hall–Kier alpha value is -3.49. The zero-order valence-corrected chi connectivity index (χ0v) is 18.7. The van der Waals surface area contributed by atoms with E-state index in [4.69, 9.17) is 11.6 Å². The standard InChI is InChI=1S/C24H30N6O2/c1-4-7-21-27-22(24(2,3)32)20(15-31)30(21)14-16-10-12-17(13-11-16)18-8-5-6-9-19(18)23(25)28-29-26/h5-6,8-13,15,29,32H,4,7,14,26H2,1-3H3,(H2,25,28). The number of nitrogens with one attached hydrogen (secondary N) is 1. The molecule has 0 aliphatic rings. The maximum absolute atomic E-state index is 11.9. The number of carbonyl (C=O) groups excluding carboxylic acids is 1. The van der Waals surface area contributed by atoms with Crippen LogP contribution in [-0.2, 0) is 18.6 Å². The third-order valence-corrected chi connectivity index (χ3v) is 5.24. The van der Waals surface area contributed by atoms with Crippen LogP contribution in [0.4, 0.5) is 0 Å². The highest BCUT2D eigenvalue weighted by molar-refractivity contribution is 6.03. The molecular formula is C24H30N6O2. The van der Waals surface area contributed by atoms with Crippen LogP contribution in [0.25, 0.3) is 11.1 Å². The van der Waals surface area contributed by atoms with Gasteiger partial charge >= 0.3 is 0 Å². The summed E-state index contributed by atoms with van der Waals surface area (Å²) in [5.74, 6) is 6.36. The average Bonchev–Trinajstić information content (AvgIpc) is 3.12. The molecule has 3 rings (SSSR count). The Kier molecular flexibility index (Phi) is 7.07. The summed E-state index contributed by atoms with van der Waals surface area (Å²) in [4.78, 5) is 16.5. The van der Waals surface area contributed by atoms with Gasteiger partial charge in [-0.1, -0.05) is 55.5 Å². The normalized spacial score (nSPS) is 12.1. The molecule has 8 heteroatoms. The van der Waals surface area contributed by atoms with E-state index < -0.39 is 5.60 Å². The molecule has 1 heterocycles. The van der Waals surface area contributed by atoms with Crippen molar-refractivity contribution in [2.45, 2.75) is 45.8 Å². The Morgan fingerprint density at radius 1 is 1.22 bits per heavy atom. The van der Waals surface area contributed by atoms with Crippen molar-refractivity contribution in [3.05, 3.63) is 76.9 Å². The van der Waals surface area contributed by atoms with Gasteiger partial charge in [-0.25, -0.2) is 16.4 Å². The van der Waals surface area contributed by atoms with Gasteiger partial charge in [0.05, 0.1) is 0 Å². The Bertz CT molecular complexity index is 1110. The first-order valence-electron chi connectivity index (χ1n) is 10.5. The minimum atomic E-state index is -1.20. The monoisotopic (exact) mass is 434 g/mol. The van der Waals surface area contributed by atoms with Crippen molar-refractivity contribution in [1.29, 1.82) is 0 Å². The van der Waals surface area contributed by atoms with Crippen molar-refractivity contribution in [1.82, 2.24) is 15.1 Å². The lowest BCUT2D eigenvalue weighted by Crippen LogP contribution is -2.23. The number of aliphatic hydroxyl groups is 1. The summed E-state index contributed by atoms with van der Waals surface area (Å²) >= 11 is 0. The summed E-state index contributed by atoms with van der Waals surface area (Å²) in [5.41, 5.74) is 11.6. The molecule has 0 fully saturated rings. The van der Waals surface area contributed by atoms with Crippen LogP contribution in [0.15, 0.2) is 53.6 Å². The predicted octanol–water partition coefficient (Wildman–Crippen LogP) is 2.67. The smallest absolute Gasteiger partial charge is 0.168 e. The molecule has 168 valence electrons. The molecule has 0 saturated heterocycles. The molecule has 3 aromatic rings. The van der Waals surface area contributed by atoms with Crippen molar-refractivity contribution in [2.24, 2.45) is 16.7 Å². The van der Waals surface area contributed by atoms with Crippen LogP contribution in [-0.4, -0.2) is 26.8 Å². The highest BCUT2D eigenvalue weighted by Crippen LogP contribution is 2.27. The molecule has 0 bridgehead atoms. The van der Waals surface area contributed by atoms with Crippen molar-refractivity contribution >= 4 is 12.1 Å². The first kappa shape index (κ1) is 23.2. The molecule has 0 radical (unpaired) electrons. The van der Waals surface area contributed by atoms with Crippen LogP contribution in [0, 0.1) is 0 Å². The molecule has 0 atom stereocenters. The lowest BCUT2D eigenvalue weighted by Gasteiger charge is -2.15. The van der Waals surface area contributed by atoms with Crippen molar-refractivity contribution in [3.8, 4) is 11.1 Å². The Labute approximate surface area is 187 Å². The number of hydrazone groups is 1. The van der Waals surface area contributed by atoms with Gasteiger partial charge in [0, 0.05) is 18.5 Å². The van der Waals surface area contributed by atoms with Gasteiger partial charge in [0.1, 0.15) is 22.8 Å². The van der Waals surface area contributed by atoms with Crippen LogP contribution in [0.1, 0.15) is 60.3 Å². The number of hydrazine groups is 1. The largest absolute Gasteiger partial charge is 0.384 e. The minimum Gasteiger partial charge on any atom is -0.384 e. The Morgan fingerprint density at radius 3 is 2.50 bits per heavy atom. The van der Waals surface area contributed by atoms with Crippen LogP contribution in [0.3, 0.4) is 0 Å². The number of aryl methyl sites for hydroxylation is 1. The number of nitrogens with zero attached hydrogens (tertiary/aromatic N) is 3. The predicted molar refractivity (Wildman–Crippen MR) is 126 cm³/mol. The second-order valence-electron chi connectivity index (χ2n) is 8.14. The van der Waals surface area contributed by atoms with Crippen molar-refractivity contribution in [3.63, 3.8) is 0 Å². The van der Waals surface area contributed by atoms with Gasteiger partial charge in [0.15, 0.2) is 12.1 Å². The summed E-state index contributed by atoms with van der Waals surface area (Å²) in [6.07, 6.45) is 2.38. The summed E-state index contributed by atoms with van der Waals surface area (Å²) < 4.78 is 1.89. The second-order valence-corrected chi connectivity index (χ2v) is 8.14. The molecule has 0 aliphatic heterocycles. The number of carbonyl (C=O) groups is 1. The molecule has 0 aliphatic carbocycles. The van der Waals surface area contributed by atoms with Crippen molar-refractivity contribution in [2.75, 3.05) is 0 Å². The fraction of sp³-hybridized carbons (Fsp3) is 0.292. The zero-order valence-electron chi connectivity index (χ0n) is 18.7. The highest BCUT2D eigenvalue weighted by atomic mass is 16.3. The molecule has 0 unspecified atom stereocenters. The first-order valence-corrected chi connectivity index (χ1v) is 10.5. The molecule has 6 N–H and O–H groups in total. The Balaban J connectivity index is 1.97. The number of imidazole rings is 1. The van der Waals surface area contributed by atoms with Crippen LogP contribution in [0.2, 0.25) is 0 Å². The van der Waals surface area contributed by atoms with E-state index in [1.165, 1.54) is 0 Å². The number of hydrogen-bond acceptors (Lipinski definition) is 6. The lowest BCUT2D eigenvalue weighted by atomic mass is 9.98. The van der Waals surface area contributed by atoms with E-state index >= 15 is 0 Å². The molecule has 0 saturated carbocycles. The molecule has 0 spiro atoms. The van der Waals surface area contributed by atoms with Gasteiger partial charge in [-0.05, 0) is 37.0 Å². The minimum absolute atomic E-state index is 0.296. The number of hydrogen-bond donors (Lipinski definition) is 4. The number of amidine groups is 1. The first-order chi connectivity index (χ1) is 15.3. The Morgan fingerprint density at radius 2 is 1.91 bits per heavy atom. The topological polar surface area (TPSA) is 132 Å². The summed E-state index contributed by atoms with van der Waals surface area (Å²) in [6, 6.07) is 15.7. The summed E-state index contributed by atoms with van der Waals surface area (Å²) in [7, 11) is 0. The van der Waals surface area contributed by atoms with Crippen molar-refractivity contribution < 1.29 is 9.90 Å². The van der Waals surface area contributed by atoms with Crippen LogP contribution < -0.4 is 17.1 Å². The molecule has 8 nitrogen and oxygen atoms in total. The van der Waals surface area contributed by atoms with Gasteiger partial charge in [-0.3, -0.25) is 4.79 Å². The summed E-state index contributed by atoms with van der Waals surface area (Å²) in [5, 5.41) is 14.4. The third kappa shape index (κ3) is 4.87. The van der Waals surface area contributed by atoms with E-state index in [-0.39, 0.29) is 0 Å². The SMILES string of the molecule is CCCc1nc(C(C)(C)O)c(C=O)n1Cc1ccc(-c2ccccc2/C(N)=N/NN)cc1. The average molecular weight is 435 g/mol. The number of aromatic nitrogens is 2. The van der Waals surface area contributed by atoms with E-state index in [9.17, 15) is 9.90 Å². The maximum Gasteiger partial charge on any atom is 0.168 e. The van der Waals surface area contributed by atoms with Gasteiger partial charge in [-0.15, -0.1) is 5.10 Å². The molecule has 1 aromatic heterocycles. The molecular weight excluding hydrogens is 404 g/mol. The fourth-order valence-electron chi connectivity index (χ4n) is 3.73. The number of benzene rings is 2. The number of nitrogens with two attached hydrogens (primary N) is 2. The number of aldehydes is 1. The third-order valence-electron chi connectivity index (χ3n) is 5.24.